The summed E-state index contributed by atoms with van der Waals surface area (Å²) in [5.74, 6) is 0.193. The number of carbonyl (C=O) groups excluding carboxylic acids is 2. The van der Waals surface area contributed by atoms with Crippen molar-refractivity contribution in [2.75, 3.05) is 6.54 Å². The van der Waals surface area contributed by atoms with Crippen LogP contribution in [0.1, 0.15) is 24.8 Å². The molecule has 3 aliphatic rings. The van der Waals surface area contributed by atoms with Gasteiger partial charge in [-0.2, -0.15) is 0 Å². The van der Waals surface area contributed by atoms with Gasteiger partial charge in [-0.05, 0) is 41.7 Å². The number of rotatable bonds is 3. The molecule has 4 rings (SSSR count). The van der Waals surface area contributed by atoms with E-state index in [1.165, 1.54) is 0 Å². The highest BCUT2D eigenvalue weighted by Gasteiger charge is 2.35. The number of ketones is 2. The lowest BCUT2D eigenvalue weighted by atomic mass is 9.81. The first-order valence-electron chi connectivity index (χ1n) is 8.63. The first kappa shape index (κ1) is 16.4. The number of carbonyl (C=O) groups is 2. The van der Waals surface area contributed by atoms with Crippen LogP contribution < -0.4 is 5.32 Å². The molecule has 0 radical (unpaired) electrons. The van der Waals surface area contributed by atoms with Crippen LogP contribution in [0.15, 0.2) is 52.6 Å². The van der Waals surface area contributed by atoms with Crippen molar-refractivity contribution in [1.29, 1.82) is 0 Å². The Hall–Kier alpha value is -2.04. The van der Waals surface area contributed by atoms with Gasteiger partial charge in [-0.1, -0.05) is 35.9 Å². The Morgan fingerprint density at radius 2 is 2.08 bits per heavy atom. The number of benzene rings is 1. The highest BCUT2D eigenvalue weighted by molar-refractivity contribution is 6.43. The smallest absolute Gasteiger partial charge is 0.182 e. The molecule has 1 N–H and O–H groups in total. The van der Waals surface area contributed by atoms with Crippen LogP contribution in [0.25, 0.3) is 0 Å². The third-order valence-electron chi connectivity index (χ3n) is 5.05. The molecule has 5 heteroatoms. The zero-order chi connectivity index (χ0) is 17.4. The molecule has 0 amide bonds. The molecule has 0 fully saturated rings. The summed E-state index contributed by atoms with van der Waals surface area (Å²) < 4.78 is 0. The molecule has 0 spiro atoms. The minimum atomic E-state index is -0.140. The lowest BCUT2D eigenvalue weighted by Gasteiger charge is -2.37. The maximum atomic E-state index is 12.9. The summed E-state index contributed by atoms with van der Waals surface area (Å²) in [7, 11) is 0. The topological polar surface area (TPSA) is 58.5 Å². The van der Waals surface area contributed by atoms with E-state index in [0.717, 1.165) is 29.6 Å². The van der Waals surface area contributed by atoms with Gasteiger partial charge in [-0.25, -0.2) is 0 Å². The Labute approximate surface area is 151 Å². The van der Waals surface area contributed by atoms with Crippen molar-refractivity contribution < 1.29 is 9.59 Å². The fourth-order valence-electron chi connectivity index (χ4n) is 3.76. The predicted molar refractivity (Wildman–Crippen MR) is 98.2 cm³/mol. The maximum Gasteiger partial charge on any atom is 0.182 e. The van der Waals surface area contributed by atoms with Gasteiger partial charge in [0.1, 0.15) is 0 Å². The van der Waals surface area contributed by atoms with E-state index in [9.17, 15) is 9.59 Å². The van der Waals surface area contributed by atoms with E-state index >= 15 is 0 Å². The van der Waals surface area contributed by atoms with Gasteiger partial charge in [0.15, 0.2) is 11.6 Å². The van der Waals surface area contributed by atoms with Crippen LogP contribution in [0.3, 0.4) is 0 Å². The molecule has 0 saturated heterocycles. The average Bonchev–Trinajstić information content (AvgIpc) is 2.61. The summed E-state index contributed by atoms with van der Waals surface area (Å²) in [6.07, 6.45) is 6.24. The minimum absolute atomic E-state index is 0.00974. The Kier molecular flexibility index (Phi) is 4.40. The van der Waals surface area contributed by atoms with E-state index in [1.807, 2.05) is 18.2 Å². The van der Waals surface area contributed by atoms with E-state index in [4.69, 9.17) is 11.6 Å². The van der Waals surface area contributed by atoms with E-state index in [0.29, 0.717) is 23.7 Å². The summed E-state index contributed by atoms with van der Waals surface area (Å²) in [6.45, 7) is 0.611. The highest BCUT2D eigenvalue weighted by Crippen LogP contribution is 2.29. The Morgan fingerprint density at radius 3 is 2.92 bits per heavy atom. The van der Waals surface area contributed by atoms with Gasteiger partial charge in [0.2, 0.25) is 0 Å². The second-order valence-corrected chi connectivity index (χ2v) is 7.14. The molecule has 1 aromatic rings. The molecule has 2 aliphatic heterocycles. The van der Waals surface area contributed by atoms with Crippen molar-refractivity contribution in [3.63, 3.8) is 0 Å². The molecule has 4 nitrogen and oxygen atoms in total. The van der Waals surface area contributed by atoms with E-state index in [2.05, 4.69) is 16.4 Å². The van der Waals surface area contributed by atoms with Crippen molar-refractivity contribution in [3.05, 3.63) is 58.1 Å². The number of halogens is 1. The van der Waals surface area contributed by atoms with Crippen molar-refractivity contribution in [1.82, 2.24) is 5.32 Å². The monoisotopic (exact) mass is 354 g/mol. The number of nitrogens with one attached hydrogen (secondary N) is 1. The summed E-state index contributed by atoms with van der Waals surface area (Å²) in [6, 6.07) is 7.41. The third kappa shape index (κ3) is 3.24. The fraction of sp³-hybridized carbons (Fsp3) is 0.350. The number of aliphatic imine (C=N–C) groups is 1. The predicted octanol–water partition coefficient (Wildman–Crippen LogP) is 2.85. The van der Waals surface area contributed by atoms with Crippen LogP contribution in [-0.2, 0) is 16.0 Å². The number of nitrogens with zero attached hydrogens (tertiary/aromatic N) is 1. The van der Waals surface area contributed by atoms with Gasteiger partial charge in [0.05, 0.1) is 11.8 Å². The molecule has 1 aromatic carbocycles. The highest BCUT2D eigenvalue weighted by atomic mass is 35.5. The second-order valence-electron chi connectivity index (χ2n) is 6.73. The standard InChI is InChI=1S/C20H19ClN2O2/c21-16-4-2-1-3-12(16)11-18(25)20-19-13(7-8-22-20)9-14-10-15(24)5-6-17(14)23-19/h1-4,9-10,17,19,23H,5-8,11H2. The number of Topliss-reactive ketones (excluding diaryl/α,β-unsaturated/α-hetero) is 1. The van der Waals surface area contributed by atoms with Gasteiger partial charge in [-0.3, -0.25) is 19.9 Å². The molecule has 0 aromatic heterocycles. The van der Waals surface area contributed by atoms with E-state index in [1.54, 1.807) is 12.1 Å². The van der Waals surface area contributed by atoms with Crippen LogP contribution >= 0.6 is 11.6 Å². The largest absolute Gasteiger partial charge is 0.298 e. The lowest BCUT2D eigenvalue weighted by molar-refractivity contribution is -0.115. The number of allylic oxidation sites excluding steroid dienone is 1. The zero-order valence-electron chi connectivity index (χ0n) is 13.8. The molecule has 25 heavy (non-hydrogen) atoms. The quantitative estimate of drug-likeness (QED) is 0.908. The van der Waals surface area contributed by atoms with Crippen molar-refractivity contribution in [2.24, 2.45) is 4.99 Å². The van der Waals surface area contributed by atoms with Crippen LogP contribution in [0, 0.1) is 0 Å². The lowest BCUT2D eigenvalue weighted by Crippen LogP contribution is -2.52. The average molecular weight is 355 g/mol. The maximum absolute atomic E-state index is 12.9. The van der Waals surface area contributed by atoms with Crippen LogP contribution in [0.2, 0.25) is 5.02 Å². The van der Waals surface area contributed by atoms with Crippen LogP contribution in [0.5, 0.6) is 0 Å². The van der Waals surface area contributed by atoms with Crippen molar-refractivity contribution >= 4 is 28.9 Å². The Balaban J connectivity index is 1.59. The van der Waals surface area contributed by atoms with Crippen molar-refractivity contribution in [2.45, 2.75) is 37.8 Å². The summed E-state index contributed by atoms with van der Waals surface area (Å²) in [4.78, 5) is 29.0. The molecule has 2 atom stereocenters. The molecule has 0 bridgehead atoms. The number of hydrogen-bond acceptors (Lipinski definition) is 4. The Bertz CT molecular complexity index is 838. The van der Waals surface area contributed by atoms with Crippen LogP contribution in [-0.4, -0.2) is 35.9 Å². The zero-order valence-corrected chi connectivity index (χ0v) is 14.6. The summed E-state index contributed by atoms with van der Waals surface area (Å²) in [5.41, 5.74) is 3.61. The summed E-state index contributed by atoms with van der Waals surface area (Å²) in [5, 5.41) is 4.14. The molecule has 2 heterocycles. The first-order valence-corrected chi connectivity index (χ1v) is 9.01. The molecule has 1 aliphatic carbocycles. The molecule has 2 unspecified atom stereocenters. The number of fused-ring (bicyclic) bond motifs is 2. The molecular weight excluding hydrogens is 336 g/mol. The molecular formula is C20H19ClN2O2. The van der Waals surface area contributed by atoms with Crippen molar-refractivity contribution in [3.8, 4) is 0 Å². The minimum Gasteiger partial charge on any atom is -0.298 e. The fourth-order valence-corrected chi connectivity index (χ4v) is 3.96. The van der Waals surface area contributed by atoms with Gasteiger partial charge in [-0.15, -0.1) is 0 Å². The van der Waals surface area contributed by atoms with Gasteiger partial charge < -0.3 is 0 Å². The number of hydrogen-bond donors (Lipinski definition) is 1. The second kappa shape index (κ2) is 6.70. The van der Waals surface area contributed by atoms with Gasteiger partial charge in [0, 0.05) is 30.5 Å². The molecule has 128 valence electrons. The third-order valence-corrected chi connectivity index (χ3v) is 5.42. The van der Waals surface area contributed by atoms with E-state index in [-0.39, 0.29) is 30.1 Å². The van der Waals surface area contributed by atoms with Crippen LogP contribution in [0.4, 0.5) is 0 Å². The van der Waals surface area contributed by atoms with Gasteiger partial charge >= 0.3 is 0 Å². The van der Waals surface area contributed by atoms with E-state index < -0.39 is 0 Å². The summed E-state index contributed by atoms with van der Waals surface area (Å²) >= 11 is 6.19. The first-order chi connectivity index (χ1) is 12.1. The molecule has 0 saturated carbocycles. The normalized spacial score (nSPS) is 25.3. The SMILES string of the molecule is O=C1C=C2C=C3CCN=C(C(=O)Cc4ccccc4Cl)C3NC2CC1. The Morgan fingerprint density at radius 1 is 1.24 bits per heavy atom. The van der Waals surface area contributed by atoms with Gasteiger partial charge in [0.25, 0.3) is 0 Å².